The van der Waals surface area contributed by atoms with Crippen LogP contribution in [0.3, 0.4) is 0 Å². The molecule has 1 N–H and O–H groups in total. The number of nitrogens with one attached hydrogen (secondary N) is 1. The SMILES string of the molecule is C=CCN1C(=O)[C@@H](CC(=O)Nc2ccccc2C(F)(F)F)SC1=Nc1cc([N+](=O)[O-])ccc1C. The van der Waals surface area contributed by atoms with E-state index in [0.29, 0.717) is 5.56 Å². The third-order valence-corrected chi connectivity index (χ3v) is 6.00. The number of para-hydroxylation sites is 1. The minimum absolute atomic E-state index is 0.0771. The van der Waals surface area contributed by atoms with E-state index in [9.17, 15) is 32.9 Å². The highest BCUT2D eigenvalue weighted by Gasteiger charge is 2.39. The summed E-state index contributed by atoms with van der Waals surface area (Å²) < 4.78 is 39.6. The number of halogens is 3. The van der Waals surface area contributed by atoms with E-state index in [2.05, 4.69) is 16.9 Å². The maximum atomic E-state index is 13.2. The Labute approximate surface area is 196 Å². The standard InChI is InChI=1S/C22H19F3N4O4S/c1-3-10-28-20(31)18(12-19(30)26-16-7-5-4-6-15(16)22(23,24)25)34-21(28)27-17-11-14(29(32)33)9-8-13(17)2/h3-9,11,18H,1,10,12H2,2H3,(H,26,30)/t18-/m1/s1. The number of carbonyl (C=O) groups is 2. The molecule has 0 aliphatic carbocycles. The predicted molar refractivity (Wildman–Crippen MR) is 123 cm³/mol. The van der Waals surface area contributed by atoms with E-state index >= 15 is 0 Å². The number of thioether (sulfide) groups is 1. The molecule has 0 bridgehead atoms. The molecule has 2 aromatic carbocycles. The van der Waals surface area contributed by atoms with Crippen molar-refractivity contribution in [3.8, 4) is 0 Å². The van der Waals surface area contributed by atoms with Crippen LogP contribution >= 0.6 is 11.8 Å². The number of amides is 2. The Morgan fingerprint density at radius 2 is 2.03 bits per heavy atom. The minimum atomic E-state index is -4.65. The zero-order valence-corrected chi connectivity index (χ0v) is 18.7. The van der Waals surface area contributed by atoms with Crippen molar-refractivity contribution in [2.45, 2.75) is 24.8 Å². The summed E-state index contributed by atoms with van der Waals surface area (Å²) in [7, 11) is 0. The molecule has 178 valence electrons. The van der Waals surface area contributed by atoms with Crippen molar-refractivity contribution >= 4 is 45.8 Å². The summed E-state index contributed by atoms with van der Waals surface area (Å²) in [5, 5.41) is 12.6. The molecule has 0 aromatic heterocycles. The number of nitrogens with zero attached hydrogens (tertiary/aromatic N) is 3. The van der Waals surface area contributed by atoms with Gasteiger partial charge in [0.15, 0.2) is 5.17 Å². The van der Waals surface area contributed by atoms with E-state index in [1.54, 1.807) is 6.92 Å². The average molecular weight is 492 g/mol. The molecule has 1 aliphatic heterocycles. The maximum absolute atomic E-state index is 13.2. The van der Waals surface area contributed by atoms with Crippen molar-refractivity contribution in [2.75, 3.05) is 11.9 Å². The van der Waals surface area contributed by atoms with E-state index in [4.69, 9.17) is 0 Å². The Morgan fingerprint density at radius 3 is 2.68 bits per heavy atom. The summed E-state index contributed by atoms with van der Waals surface area (Å²) in [5.41, 5.74) is -0.656. The lowest BCUT2D eigenvalue weighted by Crippen LogP contribution is -2.33. The number of alkyl halides is 3. The zero-order chi connectivity index (χ0) is 25.0. The fraction of sp³-hybridized carbons (Fsp3) is 0.227. The molecule has 0 saturated carbocycles. The van der Waals surface area contributed by atoms with Gasteiger partial charge in [-0.15, -0.1) is 6.58 Å². The van der Waals surface area contributed by atoms with Crippen molar-refractivity contribution in [1.82, 2.24) is 4.90 Å². The number of amidine groups is 1. The smallest absolute Gasteiger partial charge is 0.325 e. The Morgan fingerprint density at radius 1 is 1.32 bits per heavy atom. The lowest BCUT2D eigenvalue weighted by molar-refractivity contribution is -0.384. The first-order chi connectivity index (χ1) is 16.0. The molecule has 1 fully saturated rings. The van der Waals surface area contributed by atoms with Gasteiger partial charge >= 0.3 is 6.18 Å². The van der Waals surface area contributed by atoms with Crippen LogP contribution in [0.25, 0.3) is 0 Å². The first-order valence-electron chi connectivity index (χ1n) is 9.90. The Hall–Kier alpha value is -3.67. The van der Waals surface area contributed by atoms with E-state index in [1.807, 2.05) is 0 Å². The van der Waals surface area contributed by atoms with Gasteiger partial charge in [-0.1, -0.05) is 36.0 Å². The molecule has 8 nitrogen and oxygen atoms in total. The number of aryl methyl sites for hydroxylation is 1. The summed E-state index contributed by atoms with van der Waals surface area (Å²) >= 11 is 0.959. The number of anilines is 1. The van der Waals surface area contributed by atoms with Gasteiger partial charge < -0.3 is 5.32 Å². The van der Waals surface area contributed by atoms with Gasteiger partial charge in [0.25, 0.3) is 5.69 Å². The molecule has 1 aliphatic rings. The molecule has 0 radical (unpaired) electrons. The number of nitro groups is 1. The highest BCUT2D eigenvalue weighted by atomic mass is 32.2. The second-order valence-corrected chi connectivity index (χ2v) is 8.43. The first-order valence-corrected chi connectivity index (χ1v) is 10.8. The number of benzene rings is 2. The fourth-order valence-corrected chi connectivity index (χ4v) is 4.33. The van der Waals surface area contributed by atoms with Gasteiger partial charge in [-0.2, -0.15) is 13.2 Å². The van der Waals surface area contributed by atoms with Crippen LogP contribution in [0, 0.1) is 17.0 Å². The molecule has 12 heteroatoms. The molecule has 0 unspecified atom stereocenters. The second kappa shape index (κ2) is 10.1. The molecule has 3 rings (SSSR count). The number of rotatable bonds is 7. The van der Waals surface area contributed by atoms with E-state index in [1.165, 1.54) is 41.3 Å². The summed E-state index contributed by atoms with van der Waals surface area (Å²) in [5.74, 6) is -1.24. The van der Waals surface area contributed by atoms with Crippen molar-refractivity contribution in [1.29, 1.82) is 0 Å². The topological polar surface area (TPSA) is 105 Å². The van der Waals surface area contributed by atoms with Crippen LogP contribution < -0.4 is 5.32 Å². The highest BCUT2D eigenvalue weighted by molar-refractivity contribution is 8.15. The largest absolute Gasteiger partial charge is 0.418 e. The quantitative estimate of drug-likeness (QED) is 0.330. The average Bonchev–Trinajstić information content (AvgIpc) is 3.03. The molecule has 1 heterocycles. The first kappa shape index (κ1) is 25.0. The van der Waals surface area contributed by atoms with Crippen molar-refractivity contribution in [3.63, 3.8) is 0 Å². The van der Waals surface area contributed by atoms with E-state index < -0.39 is 45.8 Å². The van der Waals surface area contributed by atoms with Crippen LogP contribution in [0.1, 0.15) is 17.5 Å². The fourth-order valence-electron chi connectivity index (χ4n) is 3.17. The Kier molecular flexibility index (Phi) is 7.40. The van der Waals surface area contributed by atoms with Crippen LogP contribution in [0.4, 0.5) is 30.2 Å². The van der Waals surface area contributed by atoms with Gasteiger partial charge in [0, 0.05) is 25.1 Å². The number of hydrogen-bond acceptors (Lipinski definition) is 6. The maximum Gasteiger partial charge on any atom is 0.418 e. The molecule has 34 heavy (non-hydrogen) atoms. The minimum Gasteiger partial charge on any atom is -0.325 e. The lowest BCUT2D eigenvalue weighted by Gasteiger charge is -2.15. The number of nitro benzene ring substituents is 1. The van der Waals surface area contributed by atoms with Gasteiger partial charge in [0.2, 0.25) is 11.8 Å². The molecule has 2 aromatic rings. The van der Waals surface area contributed by atoms with Crippen LogP contribution in [0.2, 0.25) is 0 Å². The number of hydrogen-bond donors (Lipinski definition) is 1. The van der Waals surface area contributed by atoms with Crippen molar-refractivity contribution < 1.29 is 27.7 Å². The number of aliphatic imine (C=N–C) groups is 1. The van der Waals surface area contributed by atoms with Gasteiger partial charge in [-0.05, 0) is 24.6 Å². The summed E-state index contributed by atoms with van der Waals surface area (Å²) in [6.07, 6.45) is -3.59. The summed E-state index contributed by atoms with van der Waals surface area (Å²) in [4.78, 5) is 41.6. The van der Waals surface area contributed by atoms with Crippen LogP contribution in [-0.4, -0.2) is 38.6 Å². The monoisotopic (exact) mass is 492 g/mol. The third kappa shape index (κ3) is 5.63. The van der Waals surface area contributed by atoms with Gasteiger partial charge in [-0.3, -0.25) is 24.6 Å². The number of non-ortho nitro benzene ring substituents is 1. The Bertz CT molecular complexity index is 1180. The molecule has 1 atom stereocenters. The molecular weight excluding hydrogens is 473 g/mol. The third-order valence-electron chi connectivity index (χ3n) is 4.83. The number of carbonyl (C=O) groups excluding carboxylic acids is 2. The molecule has 1 saturated heterocycles. The molecule has 2 amide bonds. The summed E-state index contributed by atoms with van der Waals surface area (Å²) in [6, 6.07) is 8.68. The normalized spacial score (nSPS) is 17.2. The van der Waals surface area contributed by atoms with Crippen LogP contribution in [-0.2, 0) is 15.8 Å². The van der Waals surface area contributed by atoms with Gasteiger partial charge in [0.1, 0.15) is 5.25 Å². The van der Waals surface area contributed by atoms with Crippen LogP contribution in [0.15, 0.2) is 60.1 Å². The van der Waals surface area contributed by atoms with Crippen molar-refractivity contribution in [2.24, 2.45) is 4.99 Å². The lowest BCUT2D eigenvalue weighted by atomic mass is 10.1. The molecule has 0 spiro atoms. The highest BCUT2D eigenvalue weighted by Crippen LogP contribution is 2.36. The zero-order valence-electron chi connectivity index (χ0n) is 17.8. The van der Waals surface area contributed by atoms with E-state index in [-0.39, 0.29) is 23.1 Å². The molecular formula is C22H19F3N4O4S. The van der Waals surface area contributed by atoms with Crippen LogP contribution in [0.5, 0.6) is 0 Å². The predicted octanol–water partition coefficient (Wildman–Crippen LogP) is 5.07. The van der Waals surface area contributed by atoms with Crippen molar-refractivity contribution in [3.05, 3.63) is 76.4 Å². The van der Waals surface area contributed by atoms with Gasteiger partial charge in [0.05, 0.1) is 21.9 Å². The van der Waals surface area contributed by atoms with Gasteiger partial charge in [-0.25, -0.2) is 4.99 Å². The summed E-state index contributed by atoms with van der Waals surface area (Å²) in [6.45, 7) is 5.37. The second-order valence-electron chi connectivity index (χ2n) is 7.26. The Balaban J connectivity index is 1.83. The van der Waals surface area contributed by atoms with E-state index in [0.717, 1.165) is 23.9 Å².